The van der Waals surface area contributed by atoms with Crippen LogP contribution >= 0.6 is 11.6 Å². The van der Waals surface area contributed by atoms with E-state index < -0.39 is 17.7 Å². The molecule has 2 rings (SSSR count). The zero-order valence-corrected chi connectivity index (χ0v) is 12.2. The maximum atomic E-state index is 12.9. The SMILES string of the molecule is O=C(NCCOc1ccc(F)cc1Cl)Nc1cccc(F)c1. The molecule has 0 aliphatic rings. The predicted octanol–water partition coefficient (Wildman–Crippen LogP) is 3.82. The van der Waals surface area contributed by atoms with Crippen molar-refractivity contribution in [2.45, 2.75) is 0 Å². The summed E-state index contributed by atoms with van der Waals surface area (Å²) in [6, 6.07) is 8.83. The van der Waals surface area contributed by atoms with Gasteiger partial charge in [0.1, 0.15) is 24.0 Å². The fourth-order valence-corrected chi connectivity index (χ4v) is 1.88. The van der Waals surface area contributed by atoms with Gasteiger partial charge < -0.3 is 15.4 Å². The van der Waals surface area contributed by atoms with Crippen LogP contribution in [0.1, 0.15) is 0 Å². The molecule has 0 aliphatic heterocycles. The van der Waals surface area contributed by atoms with E-state index in [1.807, 2.05) is 0 Å². The topological polar surface area (TPSA) is 50.4 Å². The summed E-state index contributed by atoms with van der Waals surface area (Å²) in [5.74, 6) is -0.563. The lowest BCUT2D eigenvalue weighted by atomic mass is 10.3. The highest BCUT2D eigenvalue weighted by molar-refractivity contribution is 6.32. The summed E-state index contributed by atoms with van der Waals surface area (Å²) in [5, 5.41) is 5.17. The third-order valence-corrected chi connectivity index (χ3v) is 2.92. The summed E-state index contributed by atoms with van der Waals surface area (Å²) < 4.78 is 31.1. The van der Waals surface area contributed by atoms with Crippen LogP contribution in [0.4, 0.5) is 19.3 Å². The lowest BCUT2D eigenvalue weighted by Crippen LogP contribution is -2.32. The largest absolute Gasteiger partial charge is 0.490 e. The van der Waals surface area contributed by atoms with Gasteiger partial charge >= 0.3 is 6.03 Å². The van der Waals surface area contributed by atoms with Crippen molar-refractivity contribution in [2.75, 3.05) is 18.5 Å². The number of benzene rings is 2. The van der Waals surface area contributed by atoms with Gasteiger partial charge in [-0.2, -0.15) is 0 Å². The lowest BCUT2D eigenvalue weighted by Gasteiger charge is -2.10. The maximum Gasteiger partial charge on any atom is 0.319 e. The van der Waals surface area contributed by atoms with E-state index in [2.05, 4.69) is 10.6 Å². The minimum absolute atomic E-state index is 0.155. The molecule has 0 saturated carbocycles. The molecule has 0 atom stereocenters. The Morgan fingerprint density at radius 1 is 1.14 bits per heavy atom. The van der Waals surface area contributed by atoms with Crippen molar-refractivity contribution in [3.8, 4) is 5.75 Å². The Morgan fingerprint density at radius 2 is 1.91 bits per heavy atom. The minimum Gasteiger partial charge on any atom is -0.490 e. The van der Waals surface area contributed by atoms with E-state index in [0.29, 0.717) is 11.4 Å². The lowest BCUT2D eigenvalue weighted by molar-refractivity contribution is 0.247. The van der Waals surface area contributed by atoms with Crippen molar-refractivity contribution in [3.05, 3.63) is 59.1 Å². The molecule has 2 amide bonds. The Bertz CT molecular complexity index is 668. The quantitative estimate of drug-likeness (QED) is 0.821. The average molecular weight is 327 g/mol. The summed E-state index contributed by atoms with van der Waals surface area (Å²) >= 11 is 5.79. The molecule has 0 spiro atoms. The monoisotopic (exact) mass is 326 g/mol. The number of amides is 2. The van der Waals surface area contributed by atoms with E-state index in [9.17, 15) is 13.6 Å². The van der Waals surface area contributed by atoms with Gasteiger partial charge in [0.25, 0.3) is 0 Å². The number of hydrogen-bond donors (Lipinski definition) is 2. The third kappa shape index (κ3) is 4.89. The average Bonchev–Trinajstić information content (AvgIpc) is 2.45. The van der Waals surface area contributed by atoms with Crippen LogP contribution in [-0.2, 0) is 0 Å². The number of carbonyl (C=O) groups excluding carboxylic acids is 1. The van der Waals surface area contributed by atoms with E-state index in [0.717, 1.165) is 6.07 Å². The van der Waals surface area contributed by atoms with Crippen molar-refractivity contribution >= 4 is 23.3 Å². The van der Waals surface area contributed by atoms with Crippen LogP contribution in [0.15, 0.2) is 42.5 Å². The molecule has 7 heteroatoms. The Labute approximate surface area is 131 Å². The first kappa shape index (κ1) is 16.0. The smallest absolute Gasteiger partial charge is 0.319 e. The van der Waals surface area contributed by atoms with Crippen LogP contribution in [0, 0.1) is 11.6 Å². The number of nitrogens with one attached hydrogen (secondary N) is 2. The normalized spacial score (nSPS) is 10.1. The van der Waals surface area contributed by atoms with E-state index in [-0.39, 0.29) is 18.2 Å². The van der Waals surface area contributed by atoms with Crippen molar-refractivity contribution in [1.29, 1.82) is 0 Å². The molecule has 0 bridgehead atoms. The first-order valence-electron chi connectivity index (χ1n) is 6.43. The van der Waals surface area contributed by atoms with Crippen molar-refractivity contribution in [1.82, 2.24) is 5.32 Å². The number of urea groups is 1. The van der Waals surface area contributed by atoms with Crippen molar-refractivity contribution in [2.24, 2.45) is 0 Å². The fourth-order valence-electron chi connectivity index (χ4n) is 1.66. The van der Waals surface area contributed by atoms with Crippen molar-refractivity contribution < 1.29 is 18.3 Å². The number of rotatable bonds is 5. The summed E-state index contributed by atoms with van der Waals surface area (Å²) in [6.45, 7) is 0.358. The summed E-state index contributed by atoms with van der Waals surface area (Å²) in [6.07, 6.45) is 0. The molecule has 4 nitrogen and oxygen atoms in total. The van der Waals surface area contributed by atoms with Crippen LogP contribution < -0.4 is 15.4 Å². The number of halogens is 3. The molecular weight excluding hydrogens is 314 g/mol. The van der Waals surface area contributed by atoms with Crippen LogP contribution in [0.3, 0.4) is 0 Å². The van der Waals surface area contributed by atoms with E-state index in [4.69, 9.17) is 16.3 Å². The molecule has 0 unspecified atom stereocenters. The molecule has 0 saturated heterocycles. The van der Waals surface area contributed by atoms with Gasteiger partial charge in [0.05, 0.1) is 11.6 Å². The highest BCUT2D eigenvalue weighted by Gasteiger charge is 2.04. The highest BCUT2D eigenvalue weighted by atomic mass is 35.5. The van der Waals surface area contributed by atoms with Crippen LogP contribution in [-0.4, -0.2) is 19.2 Å². The fraction of sp³-hybridized carbons (Fsp3) is 0.133. The highest BCUT2D eigenvalue weighted by Crippen LogP contribution is 2.24. The molecule has 2 aromatic carbocycles. The van der Waals surface area contributed by atoms with Gasteiger partial charge in [-0.1, -0.05) is 17.7 Å². The van der Waals surface area contributed by atoms with Gasteiger partial charge in [-0.3, -0.25) is 0 Å². The summed E-state index contributed by atoms with van der Waals surface area (Å²) in [7, 11) is 0. The number of ether oxygens (including phenoxy) is 1. The van der Waals surface area contributed by atoms with Crippen LogP contribution in [0.2, 0.25) is 5.02 Å². The van der Waals surface area contributed by atoms with Gasteiger partial charge in [0.15, 0.2) is 0 Å². The molecule has 0 radical (unpaired) electrons. The number of carbonyl (C=O) groups is 1. The van der Waals surface area contributed by atoms with E-state index in [1.54, 1.807) is 6.07 Å². The predicted molar refractivity (Wildman–Crippen MR) is 80.3 cm³/mol. The van der Waals surface area contributed by atoms with Gasteiger partial charge in [-0.05, 0) is 36.4 Å². The minimum atomic E-state index is -0.487. The summed E-state index contributed by atoms with van der Waals surface area (Å²) in [4.78, 5) is 11.6. The zero-order valence-electron chi connectivity index (χ0n) is 11.4. The van der Waals surface area contributed by atoms with Crippen LogP contribution in [0.5, 0.6) is 5.75 Å². The molecule has 0 aliphatic carbocycles. The van der Waals surface area contributed by atoms with E-state index in [1.165, 1.54) is 30.3 Å². The molecule has 0 aromatic heterocycles. The zero-order chi connectivity index (χ0) is 15.9. The van der Waals surface area contributed by atoms with Gasteiger partial charge in [-0.25, -0.2) is 13.6 Å². The molecular formula is C15H13ClF2N2O2. The van der Waals surface area contributed by atoms with Gasteiger partial charge in [0.2, 0.25) is 0 Å². The Morgan fingerprint density at radius 3 is 2.64 bits per heavy atom. The second-order valence-electron chi connectivity index (χ2n) is 4.31. The van der Waals surface area contributed by atoms with Crippen molar-refractivity contribution in [3.63, 3.8) is 0 Å². The first-order chi connectivity index (χ1) is 10.5. The second kappa shape index (κ2) is 7.61. The molecule has 0 fully saturated rings. The second-order valence-corrected chi connectivity index (χ2v) is 4.72. The first-order valence-corrected chi connectivity index (χ1v) is 6.80. The summed E-state index contributed by atoms with van der Waals surface area (Å²) in [5.41, 5.74) is 0.347. The Kier molecular flexibility index (Phi) is 5.55. The Balaban J connectivity index is 1.73. The standard InChI is InChI=1S/C15H13ClF2N2O2/c16-13-9-11(18)4-5-14(13)22-7-6-19-15(21)20-12-3-1-2-10(17)8-12/h1-5,8-9H,6-7H2,(H2,19,20,21). The Hall–Kier alpha value is -2.34. The molecule has 0 heterocycles. The van der Waals surface area contributed by atoms with Crippen LogP contribution in [0.25, 0.3) is 0 Å². The molecule has 2 N–H and O–H groups in total. The third-order valence-electron chi connectivity index (χ3n) is 2.62. The van der Waals surface area contributed by atoms with Gasteiger partial charge in [-0.15, -0.1) is 0 Å². The molecule has 2 aromatic rings. The van der Waals surface area contributed by atoms with Gasteiger partial charge in [0, 0.05) is 5.69 Å². The maximum absolute atomic E-state index is 12.9. The number of anilines is 1. The molecule has 116 valence electrons. The van der Waals surface area contributed by atoms with E-state index >= 15 is 0 Å². The molecule has 22 heavy (non-hydrogen) atoms. The number of hydrogen-bond acceptors (Lipinski definition) is 2.